The lowest BCUT2D eigenvalue weighted by atomic mass is 9.87. The first kappa shape index (κ1) is 14.8. The summed E-state index contributed by atoms with van der Waals surface area (Å²) in [6.45, 7) is 0.741. The Morgan fingerprint density at radius 2 is 1.94 bits per heavy atom. The van der Waals surface area contributed by atoms with Crippen LogP contribution in [0.25, 0.3) is 0 Å². The van der Waals surface area contributed by atoms with E-state index in [0.717, 1.165) is 19.1 Å². The second-order valence-electron chi connectivity index (χ2n) is 3.82. The summed E-state index contributed by atoms with van der Waals surface area (Å²) < 4.78 is 50.8. The minimum absolute atomic E-state index is 0.269. The topological polar surface area (TPSA) is 37.3 Å². The molecule has 0 aliphatic carbocycles. The van der Waals surface area contributed by atoms with Crippen LogP contribution in [0.2, 0.25) is 5.02 Å². The second-order valence-corrected chi connectivity index (χ2v) is 4.23. The molecule has 0 fully saturated rings. The highest BCUT2D eigenvalue weighted by atomic mass is 35.5. The number of carboxylic acids is 1. The van der Waals surface area contributed by atoms with Crippen molar-refractivity contribution in [3.63, 3.8) is 0 Å². The summed E-state index contributed by atoms with van der Waals surface area (Å²) in [6, 6.07) is 2.82. The monoisotopic (exact) mass is 284 g/mol. The molecule has 0 saturated carbocycles. The summed E-state index contributed by atoms with van der Waals surface area (Å²) in [6.07, 6.45) is -4.68. The van der Waals surface area contributed by atoms with Gasteiger partial charge in [0.05, 0.1) is 16.9 Å². The van der Waals surface area contributed by atoms with Gasteiger partial charge in [-0.1, -0.05) is 24.6 Å². The maximum Gasteiger partial charge on any atom is 0.392 e. The van der Waals surface area contributed by atoms with Gasteiger partial charge in [-0.3, -0.25) is 4.79 Å². The minimum atomic E-state index is -4.68. The summed E-state index contributed by atoms with van der Waals surface area (Å²) in [5, 5.41) is 8.59. The van der Waals surface area contributed by atoms with Crippen LogP contribution >= 0.6 is 11.6 Å². The highest BCUT2D eigenvalue weighted by Crippen LogP contribution is 2.38. The number of rotatable bonds is 3. The number of halogens is 5. The Morgan fingerprint density at radius 3 is 2.33 bits per heavy atom. The van der Waals surface area contributed by atoms with Crippen LogP contribution in [0.15, 0.2) is 18.2 Å². The Labute approximate surface area is 105 Å². The molecular weight excluding hydrogens is 276 g/mol. The molecular formula is C11H9ClF4O2. The molecule has 2 atom stereocenters. The first-order valence-electron chi connectivity index (χ1n) is 4.89. The molecule has 0 spiro atoms. The molecule has 7 heteroatoms. The van der Waals surface area contributed by atoms with Crippen molar-refractivity contribution < 1.29 is 27.5 Å². The average molecular weight is 285 g/mol. The number of alkyl halides is 3. The van der Waals surface area contributed by atoms with Gasteiger partial charge < -0.3 is 5.11 Å². The van der Waals surface area contributed by atoms with Crippen LogP contribution in [0.4, 0.5) is 17.6 Å². The Hall–Kier alpha value is -1.30. The Morgan fingerprint density at radius 1 is 1.39 bits per heavy atom. The molecule has 0 aromatic heterocycles. The van der Waals surface area contributed by atoms with E-state index in [0.29, 0.717) is 6.07 Å². The first-order valence-corrected chi connectivity index (χ1v) is 5.27. The van der Waals surface area contributed by atoms with Crippen LogP contribution in [0.5, 0.6) is 0 Å². The summed E-state index contributed by atoms with van der Waals surface area (Å²) in [7, 11) is 0. The summed E-state index contributed by atoms with van der Waals surface area (Å²) in [4.78, 5) is 10.9. The Balaban J connectivity index is 3.21. The van der Waals surface area contributed by atoms with Crippen molar-refractivity contribution >= 4 is 17.6 Å². The molecule has 0 aliphatic heterocycles. The third kappa shape index (κ3) is 3.13. The molecule has 0 bridgehead atoms. The van der Waals surface area contributed by atoms with Gasteiger partial charge in [-0.15, -0.1) is 0 Å². The number of hydrogen-bond acceptors (Lipinski definition) is 1. The van der Waals surface area contributed by atoms with E-state index in [1.54, 1.807) is 0 Å². The van der Waals surface area contributed by atoms with Gasteiger partial charge in [0.15, 0.2) is 0 Å². The third-order valence-corrected chi connectivity index (χ3v) is 2.89. The lowest BCUT2D eigenvalue weighted by molar-refractivity contribution is -0.183. The van der Waals surface area contributed by atoms with E-state index in [-0.39, 0.29) is 10.6 Å². The predicted octanol–water partition coefficient (Wildman–Crippen LogP) is 3.85. The summed E-state index contributed by atoms with van der Waals surface area (Å²) in [5.41, 5.74) is -0.269. The molecule has 0 aliphatic rings. The zero-order chi connectivity index (χ0) is 14.1. The number of benzene rings is 1. The normalized spacial score (nSPS) is 15.2. The Bertz CT molecular complexity index is 459. The highest BCUT2D eigenvalue weighted by molar-refractivity contribution is 6.30. The number of carboxylic acid groups (broad SMARTS) is 1. The van der Waals surface area contributed by atoms with Crippen LogP contribution in [-0.4, -0.2) is 17.3 Å². The molecule has 1 aromatic rings. The number of carbonyl (C=O) groups is 1. The van der Waals surface area contributed by atoms with Crippen LogP contribution in [-0.2, 0) is 4.79 Å². The second kappa shape index (κ2) is 5.14. The fraction of sp³-hybridized carbons (Fsp3) is 0.364. The van der Waals surface area contributed by atoms with E-state index < -0.39 is 29.8 Å². The molecule has 2 nitrogen and oxygen atoms in total. The van der Waals surface area contributed by atoms with Gasteiger partial charge in [0.25, 0.3) is 0 Å². The van der Waals surface area contributed by atoms with Gasteiger partial charge in [-0.05, 0) is 17.7 Å². The van der Waals surface area contributed by atoms with E-state index in [2.05, 4.69) is 0 Å². The molecule has 1 aromatic carbocycles. The minimum Gasteiger partial charge on any atom is -0.481 e. The van der Waals surface area contributed by atoms with Crippen molar-refractivity contribution in [3.8, 4) is 0 Å². The maximum atomic E-state index is 13.2. The Kier molecular flexibility index (Phi) is 4.21. The molecule has 0 heterocycles. The van der Waals surface area contributed by atoms with Crippen molar-refractivity contribution in [1.82, 2.24) is 0 Å². The zero-order valence-corrected chi connectivity index (χ0v) is 9.89. The molecule has 2 unspecified atom stereocenters. The van der Waals surface area contributed by atoms with Gasteiger partial charge >= 0.3 is 12.1 Å². The van der Waals surface area contributed by atoms with Gasteiger partial charge in [0, 0.05) is 0 Å². The van der Waals surface area contributed by atoms with E-state index in [4.69, 9.17) is 16.7 Å². The van der Waals surface area contributed by atoms with Gasteiger partial charge in [-0.2, -0.15) is 13.2 Å². The van der Waals surface area contributed by atoms with Crippen molar-refractivity contribution in [1.29, 1.82) is 0 Å². The fourth-order valence-corrected chi connectivity index (χ4v) is 1.66. The third-order valence-electron chi connectivity index (χ3n) is 2.59. The van der Waals surface area contributed by atoms with Crippen LogP contribution in [0, 0.1) is 11.7 Å². The molecule has 0 radical (unpaired) electrons. The predicted molar refractivity (Wildman–Crippen MR) is 57.0 cm³/mol. The fourth-order valence-electron chi connectivity index (χ4n) is 1.54. The molecule has 1 rings (SSSR count). The van der Waals surface area contributed by atoms with Crippen LogP contribution in [0.1, 0.15) is 18.4 Å². The first-order chi connectivity index (χ1) is 8.14. The lowest BCUT2D eigenvalue weighted by Crippen LogP contribution is -2.31. The van der Waals surface area contributed by atoms with Crippen LogP contribution < -0.4 is 0 Å². The van der Waals surface area contributed by atoms with Crippen LogP contribution in [0.3, 0.4) is 0 Å². The molecule has 0 amide bonds. The quantitative estimate of drug-likeness (QED) is 0.856. The van der Waals surface area contributed by atoms with Crippen molar-refractivity contribution in [2.75, 3.05) is 0 Å². The average Bonchev–Trinajstić information content (AvgIpc) is 2.21. The van der Waals surface area contributed by atoms with E-state index in [1.807, 2.05) is 0 Å². The van der Waals surface area contributed by atoms with Gasteiger partial charge in [0.2, 0.25) is 0 Å². The maximum absolute atomic E-state index is 13.2. The molecule has 0 saturated heterocycles. The SMILES string of the molecule is CC(C(C(=O)O)c1ccc(Cl)c(F)c1)C(F)(F)F. The standard InChI is InChI=1S/C11H9ClF4O2/c1-5(11(14,15)16)9(10(17)18)6-2-3-7(12)8(13)4-6/h2-5,9H,1H3,(H,17,18). The number of aliphatic carboxylic acids is 1. The van der Waals surface area contributed by atoms with E-state index >= 15 is 0 Å². The highest BCUT2D eigenvalue weighted by Gasteiger charge is 2.45. The lowest BCUT2D eigenvalue weighted by Gasteiger charge is -2.23. The van der Waals surface area contributed by atoms with Gasteiger partial charge in [-0.25, -0.2) is 4.39 Å². The molecule has 100 valence electrons. The van der Waals surface area contributed by atoms with Crippen molar-refractivity contribution in [3.05, 3.63) is 34.6 Å². The summed E-state index contributed by atoms with van der Waals surface area (Å²) >= 11 is 5.39. The smallest absolute Gasteiger partial charge is 0.392 e. The molecule has 1 N–H and O–H groups in total. The van der Waals surface area contributed by atoms with E-state index in [9.17, 15) is 22.4 Å². The number of hydrogen-bond donors (Lipinski definition) is 1. The van der Waals surface area contributed by atoms with Gasteiger partial charge in [0.1, 0.15) is 5.82 Å². The van der Waals surface area contributed by atoms with E-state index in [1.165, 1.54) is 0 Å². The van der Waals surface area contributed by atoms with Crippen molar-refractivity contribution in [2.24, 2.45) is 5.92 Å². The molecule has 18 heavy (non-hydrogen) atoms. The van der Waals surface area contributed by atoms with Crippen molar-refractivity contribution in [2.45, 2.75) is 19.0 Å². The summed E-state index contributed by atoms with van der Waals surface area (Å²) in [5.74, 6) is -6.61. The largest absolute Gasteiger partial charge is 0.481 e. The zero-order valence-electron chi connectivity index (χ0n) is 9.13.